The van der Waals surface area contributed by atoms with Gasteiger partial charge in [-0.1, -0.05) is 6.07 Å². The summed E-state index contributed by atoms with van der Waals surface area (Å²) in [6.45, 7) is 3.04. The first-order chi connectivity index (χ1) is 13.0. The largest absolute Gasteiger partial charge is 0.502 e. The van der Waals surface area contributed by atoms with Gasteiger partial charge in [0.15, 0.2) is 17.5 Å². The topological polar surface area (TPSA) is 75.1 Å². The lowest BCUT2D eigenvalue weighted by molar-refractivity contribution is 0.339. The lowest BCUT2D eigenvalue weighted by atomic mass is 10.1. The molecule has 2 aromatic carbocycles. The molecule has 0 unspecified atom stereocenters. The Morgan fingerprint density at radius 2 is 1.75 bits per heavy atom. The maximum Gasteiger partial charge on any atom is 0.200 e. The van der Waals surface area contributed by atoms with Gasteiger partial charge in [0.25, 0.3) is 0 Å². The Labute approximate surface area is 182 Å². The molecule has 0 saturated carbocycles. The second kappa shape index (κ2) is 11.6. The van der Waals surface area contributed by atoms with Crippen LogP contribution in [0.25, 0.3) is 0 Å². The minimum absolute atomic E-state index is 0. The number of hydrogen-bond acceptors (Lipinski definition) is 4. The number of aliphatic imine (C=N–C) groups is 1. The lowest BCUT2D eigenvalue weighted by Crippen LogP contribution is -2.37. The van der Waals surface area contributed by atoms with Crippen LogP contribution in [0, 0.1) is 12.7 Å². The van der Waals surface area contributed by atoms with Crippen LogP contribution in [0.2, 0.25) is 0 Å². The molecule has 0 heterocycles. The van der Waals surface area contributed by atoms with Crippen molar-refractivity contribution in [2.75, 3.05) is 27.8 Å². The van der Waals surface area contributed by atoms with E-state index in [1.165, 1.54) is 26.4 Å². The summed E-state index contributed by atoms with van der Waals surface area (Å²) >= 11 is 0. The average Bonchev–Trinajstić information content (AvgIpc) is 2.66. The molecule has 0 aliphatic carbocycles. The van der Waals surface area contributed by atoms with Crippen LogP contribution in [0.4, 0.5) is 4.39 Å². The van der Waals surface area contributed by atoms with Gasteiger partial charge >= 0.3 is 0 Å². The lowest BCUT2D eigenvalue weighted by Gasteiger charge is -2.15. The molecule has 28 heavy (non-hydrogen) atoms. The van der Waals surface area contributed by atoms with E-state index in [0.29, 0.717) is 30.5 Å². The van der Waals surface area contributed by atoms with Crippen LogP contribution < -0.4 is 20.1 Å². The summed E-state index contributed by atoms with van der Waals surface area (Å²) in [4.78, 5) is 4.20. The fourth-order valence-electron chi connectivity index (χ4n) is 2.71. The molecule has 0 atom stereocenters. The number of benzene rings is 2. The van der Waals surface area contributed by atoms with Crippen LogP contribution in [0.3, 0.4) is 0 Å². The van der Waals surface area contributed by atoms with E-state index in [4.69, 9.17) is 9.47 Å². The third-order valence-corrected chi connectivity index (χ3v) is 4.21. The van der Waals surface area contributed by atoms with Gasteiger partial charge in [-0.05, 0) is 54.3 Å². The molecular formula is C20H27FIN3O3. The molecule has 3 N–H and O–H groups in total. The highest BCUT2D eigenvalue weighted by atomic mass is 127. The number of guanidine groups is 1. The number of phenols is 1. The van der Waals surface area contributed by atoms with Crippen molar-refractivity contribution < 1.29 is 19.0 Å². The average molecular weight is 503 g/mol. The van der Waals surface area contributed by atoms with Gasteiger partial charge in [0.2, 0.25) is 5.75 Å². The summed E-state index contributed by atoms with van der Waals surface area (Å²) in [6, 6.07) is 8.28. The monoisotopic (exact) mass is 503 g/mol. The number of hydrogen-bond donors (Lipinski definition) is 3. The van der Waals surface area contributed by atoms with E-state index in [1.807, 2.05) is 6.92 Å². The fourth-order valence-corrected chi connectivity index (χ4v) is 2.71. The normalized spacial score (nSPS) is 10.8. The molecule has 0 fully saturated rings. The second-order valence-corrected chi connectivity index (χ2v) is 6.02. The predicted octanol–water partition coefficient (Wildman–Crippen LogP) is 3.38. The molecule has 6 nitrogen and oxygen atoms in total. The Morgan fingerprint density at radius 3 is 2.29 bits per heavy atom. The Balaban J connectivity index is 0.00000392. The number of halogens is 2. The summed E-state index contributed by atoms with van der Waals surface area (Å²) in [5.74, 6) is 1.09. The smallest absolute Gasteiger partial charge is 0.200 e. The molecule has 0 aliphatic rings. The Bertz CT molecular complexity index is 790. The van der Waals surface area contributed by atoms with Crippen molar-refractivity contribution >= 4 is 29.9 Å². The van der Waals surface area contributed by atoms with Crippen molar-refractivity contribution in [3.63, 3.8) is 0 Å². The second-order valence-electron chi connectivity index (χ2n) is 6.02. The van der Waals surface area contributed by atoms with Gasteiger partial charge in [-0.25, -0.2) is 4.39 Å². The maximum atomic E-state index is 13.2. The first-order valence-electron chi connectivity index (χ1n) is 8.62. The van der Waals surface area contributed by atoms with Gasteiger partial charge in [0.05, 0.1) is 14.2 Å². The zero-order valence-corrected chi connectivity index (χ0v) is 18.8. The number of aryl methyl sites for hydroxylation is 1. The van der Waals surface area contributed by atoms with Gasteiger partial charge in [-0.2, -0.15) is 0 Å². The third kappa shape index (κ3) is 6.43. The van der Waals surface area contributed by atoms with E-state index in [9.17, 15) is 9.50 Å². The van der Waals surface area contributed by atoms with E-state index in [0.717, 1.165) is 23.1 Å². The van der Waals surface area contributed by atoms with Crippen LogP contribution in [-0.2, 0) is 13.0 Å². The highest BCUT2D eigenvalue weighted by Crippen LogP contribution is 2.36. The zero-order chi connectivity index (χ0) is 19.8. The van der Waals surface area contributed by atoms with E-state index in [-0.39, 0.29) is 35.5 Å². The molecule has 0 aliphatic heterocycles. The van der Waals surface area contributed by atoms with E-state index >= 15 is 0 Å². The summed E-state index contributed by atoms with van der Waals surface area (Å²) < 4.78 is 23.5. The molecule has 0 bridgehead atoms. The molecule has 0 spiro atoms. The maximum absolute atomic E-state index is 13.2. The predicted molar refractivity (Wildman–Crippen MR) is 120 cm³/mol. The third-order valence-electron chi connectivity index (χ3n) is 4.21. The number of nitrogens with zero attached hydrogens (tertiary/aromatic N) is 1. The van der Waals surface area contributed by atoms with Crippen molar-refractivity contribution in [2.45, 2.75) is 19.9 Å². The molecule has 2 aromatic rings. The molecule has 8 heteroatoms. The van der Waals surface area contributed by atoms with Gasteiger partial charge in [0.1, 0.15) is 5.82 Å². The van der Waals surface area contributed by atoms with Crippen LogP contribution in [0.1, 0.15) is 16.7 Å². The number of phenolic OH excluding ortho intramolecular Hbond substituents is 1. The summed E-state index contributed by atoms with van der Waals surface area (Å²) in [5, 5.41) is 16.4. The van der Waals surface area contributed by atoms with Gasteiger partial charge in [-0.3, -0.25) is 4.99 Å². The number of ether oxygens (including phenoxy) is 2. The number of methoxy groups -OCH3 is 2. The van der Waals surface area contributed by atoms with E-state index in [2.05, 4.69) is 15.6 Å². The molecular weight excluding hydrogens is 476 g/mol. The zero-order valence-electron chi connectivity index (χ0n) is 16.5. The molecule has 2 rings (SSSR count). The number of rotatable bonds is 7. The molecule has 0 amide bonds. The Kier molecular flexibility index (Phi) is 9.84. The number of aromatic hydroxyl groups is 1. The van der Waals surface area contributed by atoms with Crippen molar-refractivity contribution in [3.8, 4) is 17.2 Å². The minimum Gasteiger partial charge on any atom is -0.502 e. The van der Waals surface area contributed by atoms with Crippen molar-refractivity contribution in [1.29, 1.82) is 0 Å². The van der Waals surface area contributed by atoms with Crippen molar-refractivity contribution in [2.24, 2.45) is 4.99 Å². The SMILES string of the molecule is CN=C(NCCc1ccc(F)cc1C)NCc1cc(OC)c(O)c(OC)c1.I. The standard InChI is InChI=1S/C20H26FN3O3.HI/c1-13-9-16(21)6-5-15(13)7-8-23-20(22-2)24-12-14-10-17(26-3)19(25)18(11-14)27-4;/h5-6,9-11,25H,7-8,12H2,1-4H3,(H2,22,23,24);1H. The highest BCUT2D eigenvalue weighted by molar-refractivity contribution is 14.0. The quantitative estimate of drug-likeness (QED) is 0.307. The van der Waals surface area contributed by atoms with E-state index < -0.39 is 0 Å². The highest BCUT2D eigenvalue weighted by Gasteiger charge is 2.11. The summed E-state index contributed by atoms with van der Waals surface area (Å²) in [7, 11) is 4.67. The molecule has 0 saturated heterocycles. The van der Waals surface area contributed by atoms with Crippen LogP contribution in [-0.4, -0.2) is 38.9 Å². The Hall–Kier alpha value is -2.23. The van der Waals surface area contributed by atoms with Crippen LogP contribution in [0.15, 0.2) is 35.3 Å². The van der Waals surface area contributed by atoms with Gasteiger partial charge < -0.3 is 25.2 Å². The first-order valence-corrected chi connectivity index (χ1v) is 8.62. The minimum atomic E-state index is -0.221. The van der Waals surface area contributed by atoms with E-state index in [1.54, 1.807) is 25.2 Å². The van der Waals surface area contributed by atoms with Crippen LogP contribution in [0.5, 0.6) is 17.2 Å². The first kappa shape index (κ1) is 23.8. The molecule has 0 aromatic heterocycles. The van der Waals surface area contributed by atoms with Crippen molar-refractivity contribution in [1.82, 2.24) is 10.6 Å². The molecule has 0 radical (unpaired) electrons. The van der Waals surface area contributed by atoms with Gasteiger partial charge in [-0.15, -0.1) is 24.0 Å². The fraction of sp³-hybridized carbons (Fsp3) is 0.350. The Morgan fingerprint density at radius 1 is 1.11 bits per heavy atom. The number of nitrogens with one attached hydrogen (secondary N) is 2. The summed E-state index contributed by atoms with van der Waals surface area (Å²) in [5.41, 5.74) is 2.90. The molecule has 154 valence electrons. The van der Waals surface area contributed by atoms with Gasteiger partial charge in [0, 0.05) is 20.1 Å². The summed E-state index contributed by atoms with van der Waals surface area (Å²) in [6.07, 6.45) is 0.758. The van der Waals surface area contributed by atoms with Crippen molar-refractivity contribution in [3.05, 3.63) is 52.8 Å². The van der Waals surface area contributed by atoms with Crippen LogP contribution >= 0.6 is 24.0 Å².